The van der Waals surface area contributed by atoms with Crippen molar-refractivity contribution < 1.29 is 13.5 Å². The standard InChI is InChI=1S/C15H12N4O3S/c16-23(21,22)13-9-12(18-19-14-7-3-4-8-17-14)15(20)11-6-2-1-5-10(11)13/h1-9,20H,(H2,16,21,22)/b19-18+. The predicted molar refractivity (Wildman–Crippen MR) is 85.4 cm³/mol. The lowest BCUT2D eigenvalue weighted by Gasteiger charge is -2.08. The van der Waals surface area contributed by atoms with Crippen LogP contribution >= 0.6 is 0 Å². The first-order valence-corrected chi connectivity index (χ1v) is 8.12. The number of fused-ring (bicyclic) bond motifs is 1. The third-order valence-corrected chi connectivity index (χ3v) is 4.12. The van der Waals surface area contributed by atoms with Gasteiger partial charge >= 0.3 is 0 Å². The van der Waals surface area contributed by atoms with Gasteiger partial charge in [0.15, 0.2) is 11.6 Å². The summed E-state index contributed by atoms with van der Waals surface area (Å²) in [5, 5.41) is 24.0. The third kappa shape index (κ3) is 3.03. The van der Waals surface area contributed by atoms with E-state index < -0.39 is 10.0 Å². The number of primary sulfonamides is 1. The average molecular weight is 328 g/mol. The van der Waals surface area contributed by atoms with Crippen LogP contribution in [0.15, 0.2) is 69.9 Å². The van der Waals surface area contributed by atoms with Crippen LogP contribution < -0.4 is 5.14 Å². The van der Waals surface area contributed by atoms with Crippen LogP contribution in [0.2, 0.25) is 0 Å². The molecule has 1 heterocycles. The number of azo groups is 1. The average Bonchev–Trinajstić information content (AvgIpc) is 2.54. The molecule has 0 atom stereocenters. The molecule has 0 spiro atoms. The molecule has 0 aliphatic rings. The van der Waals surface area contributed by atoms with Gasteiger partial charge < -0.3 is 5.11 Å². The zero-order chi connectivity index (χ0) is 16.4. The normalized spacial score (nSPS) is 12.0. The SMILES string of the molecule is NS(=O)(=O)c1cc(/N=N/c2ccccn2)c(O)c2ccccc12. The van der Waals surface area contributed by atoms with Crippen molar-refractivity contribution in [3.8, 4) is 5.75 Å². The molecule has 23 heavy (non-hydrogen) atoms. The van der Waals surface area contributed by atoms with Gasteiger partial charge in [0.1, 0.15) is 5.69 Å². The minimum Gasteiger partial charge on any atom is -0.505 e. The summed E-state index contributed by atoms with van der Waals surface area (Å²) in [6.07, 6.45) is 1.55. The maximum absolute atomic E-state index is 11.8. The van der Waals surface area contributed by atoms with E-state index in [9.17, 15) is 13.5 Å². The topological polar surface area (TPSA) is 118 Å². The number of hydrogen-bond acceptors (Lipinski definition) is 6. The highest BCUT2D eigenvalue weighted by Gasteiger charge is 2.18. The van der Waals surface area contributed by atoms with Crippen LogP contribution in [0.3, 0.4) is 0 Å². The number of phenols is 1. The molecule has 1 aromatic heterocycles. The molecule has 0 aliphatic carbocycles. The predicted octanol–water partition coefficient (Wildman–Crippen LogP) is 3.00. The summed E-state index contributed by atoms with van der Waals surface area (Å²) >= 11 is 0. The van der Waals surface area contributed by atoms with Gasteiger partial charge in [-0.15, -0.1) is 10.2 Å². The maximum atomic E-state index is 11.8. The Bertz CT molecular complexity index is 1000. The molecule has 0 aliphatic heterocycles. The summed E-state index contributed by atoms with van der Waals surface area (Å²) in [6.45, 7) is 0. The number of rotatable bonds is 3. The second-order valence-electron chi connectivity index (χ2n) is 4.72. The summed E-state index contributed by atoms with van der Waals surface area (Å²) in [6, 6.07) is 12.8. The molecule has 3 N–H and O–H groups in total. The van der Waals surface area contributed by atoms with Crippen LogP contribution in [0, 0.1) is 0 Å². The van der Waals surface area contributed by atoms with Crippen molar-refractivity contribution in [3.63, 3.8) is 0 Å². The molecule has 0 bridgehead atoms. The molecule has 7 nitrogen and oxygen atoms in total. The van der Waals surface area contributed by atoms with E-state index in [0.717, 1.165) is 0 Å². The second kappa shape index (κ2) is 5.75. The molecule has 0 amide bonds. The van der Waals surface area contributed by atoms with Crippen LogP contribution in [0.25, 0.3) is 10.8 Å². The van der Waals surface area contributed by atoms with E-state index in [0.29, 0.717) is 16.6 Å². The number of aromatic hydroxyl groups is 1. The zero-order valence-electron chi connectivity index (χ0n) is 11.8. The molecule has 0 radical (unpaired) electrons. The van der Waals surface area contributed by atoms with Gasteiger partial charge in [-0.3, -0.25) is 0 Å². The molecular formula is C15H12N4O3S. The van der Waals surface area contributed by atoms with E-state index >= 15 is 0 Å². The number of hydrogen-bond donors (Lipinski definition) is 2. The first-order valence-electron chi connectivity index (χ1n) is 6.57. The van der Waals surface area contributed by atoms with Crippen molar-refractivity contribution in [1.82, 2.24) is 4.98 Å². The van der Waals surface area contributed by atoms with Crippen molar-refractivity contribution in [2.75, 3.05) is 0 Å². The Labute approximate surface area is 132 Å². The summed E-state index contributed by atoms with van der Waals surface area (Å²) in [4.78, 5) is 3.85. The van der Waals surface area contributed by atoms with Crippen LogP contribution in [0.5, 0.6) is 5.75 Å². The molecule has 2 aromatic carbocycles. The van der Waals surface area contributed by atoms with Crippen molar-refractivity contribution in [1.29, 1.82) is 0 Å². The van der Waals surface area contributed by atoms with E-state index in [4.69, 9.17) is 5.14 Å². The molecule has 8 heteroatoms. The van der Waals surface area contributed by atoms with Crippen molar-refractivity contribution in [2.45, 2.75) is 4.90 Å². The summed E-state index contributed by atoms with van der Waals surface area (Å²) in [5.74, 6) is 0.157. The third-order valence-electron chi connectivity index (χ3n) is 3.17. The Balaban J connectivity index is 2.22. The first kappa shape index (κ1) is 15.1. The van der Waals surface area contributed by atoms with E-state index in [-0.39, 0.29) is 16.3 Å². The minimum absolute atomic E-state index is 0.00150. The van der Waals surface area contributed by atoms with Crippen molar-refractivity contribution >= 4 is 32.3 Å². The van der Waals surface area contributed by atoms with Gasteiger partial charge in [0, 0.05) is 17.0 Å². The smallest absolute Gasteiger partial charge is 0.238 e. The fourth-order valence-electron chi connectivity index (χ4n) is 2.14. The highest BCUT2D eigenvalue weighted by molar-refractivity contribution is 7.89. The number of nitrogens with zero attached hydrogens (tertiary/aromatic N) is 3. The molecule has 0 saturated carbocycles. The van der Waals surface area contributed by atoms with Crippen LogP contribution in [0.1, 0.15) is 0 Å². The number of nitrogens with two attached hydrogens (primary N) is 1. The molecule has 3 rings (SSSR count). The fourth-order valence-corrected chi connectivity index (χ4v) is 2.90. The van der Waals surface area contributed by atoms with Gasteiger partial charge in [-0.1, -0.05) is 30.3 Å². The van der Waals surface area contributed by atoms with Gasteiger partial charge in [0.25, 0.3) is 0 Å². The second-order valence-corrected chi connectivity index (χ2v) is 6.25. The summed E-state index contributed by atoms with van der Waals surface area (Å²) in [5.41, 5.74) is -0.00150. The van der Waals surface area contributed by atoms with E-state index in [1.54, 1.807) is 48.7 Å². The number of phenolic OH excluding ortho intramolecular Hbond substituents is 1. The Morgan fingerprint density at radius 3 is 2.35 bits per heavy atom. The largest absolute Gasteiger partial charge is 0.505 e. The van der Waals surface area contributed by atoms with Gasteiger partial charge in [-0.25, -0.2) is 18.5 Å². The highest BCUT2D eigenvalue weighted by atomic mass is 32.2. The highest BCUT2D eigenvalue weighted by Crippen LogP contribution is 2.39. The van der Waals surface area contributed by atoms with Gasteiger partial charge in [0.2, 0.25) is 10.0 Å². The quantitative estimate of drug-likeness (QED) is 0.718. The number of sulfonamides is 1. The molecule has 0 unspecified atom stereocenters. The zero-order valence-corrected chi connectivity index (χ0v) is 12.6. The Morgan fingerprint density at radius 2 is 1.70 bits per heavy atom. The van der Waals surface area contributed by atoms with Gasteiger partial charge in [-0.05, 0) is 18.2 Å². The lowest BCUT2D eigenvalue weighted by Crippen LogP contribution is -2.12. The minimum atomic E-state index is -3.98. The lowest BCUT2D eigenvalue weighted by atomic mass is 10.1. The molecule has 116 valence electrons. The Kier molecular flexibility index (Phi) is 3.77. The lowest BCUT2D eigenvalue weighted by molar-refractivity contribution is 0.482. The first-order chi connectivity index (χ1) is 11.0. The van der Waals surface area contributed by atoms with E-state index in [2.05, 4.69) is 15.2 Å². The monoisotopic (exact) mass is 328 g/mol. The maximum Gasteiger partial charge on any atom is 0.238 e. The molecule has 3 aromatic rings. The van der Waals surface area contributed by atoms with Crippen LogP contribution in [0.4, 0.5) is 11.5 Å². The Morgan fingerprint density at radius 1 is 1.00 bits per heavy atom. The van der Waals surface area contributed by atoms with Crippen LogP contribution in [-0.4, -0.2) is 18.5 Å². The Hall–Kier alpha value is -2.84. The number of aromatic nitrogens is 1. The van der Waals surface area contributed by atoms with Crippen LogP contribution in [-0.2, 0) is 10.0 Å². The van der Waals surface area contributed by atoms with Gasteiger partial charge in [-0.2, -0.15) is 0 Å². The van der Waals surface area contributed by atoms with Crippen molar-refractivity contribution in [3.05, 3.63) is 54.7 Å². The molecule has 0 fully saturated rings. The molecular weight excluding hydrogens is 316 g/mol. The van der Waals surface area contributed by atoms with E-state index in [1.807, 2.05) is 0 Å². The van der Waals surface area contributed by atoms with Crippen molar-refractivity contribution in [2.24, 2.45) is 15.4 Å². The van der Waals surface area contributed by atoms with Gasteiger partial charge in [0.05, 0.1) is 4.90 Å². The van der Waals surface area contributed by atoms with E-state index in [1.165, 1.54) is 6.07 Å². The number of pyridine rings is 1. The molecule has 0 saturated heterocycles. The number of benzene rings is 2. The fraction of sp³-hybridized carbons (Fsp3) is 0. The summed E-state index contributed by atoms with van der Waals surface area (Å²) < 4.78 is 23.6. The summed E-state index contributed by atoms with van der Waals surface area (Å²) in [7, 11) is -3.98.